The van der Waals surface area contributed by atoms with Crippen molar-refractivity contribution in [2.45, 2.75) is 19.9 Å². The summed E-state index contributed by atoms with van der Waals surface area (Å²) < 4.78 is 0. The summed E-state index contributed by atoms with van der Waals surface area (Å²) in [6, 6.07) is 14.1. The highest BCUT2D eigenvalue weighted by Crippen LogP contribution is 2.24. The van der Waals surface area contributed by atoms with Gasteiger partial charge < -0.3 is 15.5 Å². The summed E-state index contributed by atoms with van der Waals surface area (Å²) in [5, 5.41) is 24.1. The van der Waals surface area contributed by atoms with Crippen LogP contribution >= 0.6 is 0 Å². The van der Waals surface area contributed by atoms with E-state index in [4.69, 9.17) is 0 Å². The standard InChI is InChI=1S/C20H28N2O3/c1-15(17-10-6-8-16-7-4-5-9-18(16)17)21-19(25)11-22(3)12-20(2,13-23)14-24/h4-10,15,23-24H,11-14H2,1-3H3,(H,21,25). The van der Waals surface area contributed by atoms with Crippen molar-refractivity contribution in [3.8, 4) is 0 Å². The number of nitrogens with zero attached hydrogens (tertiary/aromatic N) is 1. The molecule has 5 nitrogen and oxygen atoms in total. The van der Waals surface area contributed by atoms with Crippen LogP contribution in [0, 0.1) is 5.41 Å². The summed E-state index contributed by atoms with van der Waals surface area (Å²) in [5.74, 6) is -0.0823. The number of likely N-dealkylation sites (N-methyl/N-ethyl adjacent to an activating group) is 1. The predicted molar refractivity (Wildman–Crippen MR) is 100 cm³/mol. The second-order valence-electron chi connectivity index (χ2n) is 7.16. The molecule has 0 bridgehead atoms. The van der Waals surface area contributed by atoms with Crippen molar-refractivity contribution in [3.63, 3.8) is 0 Å². The zero-order valence-electron chi connectivity index (χ0n) is 15.2. The fourth-order valence-corrected chi connectivity index (χ4v) is 3.10. The number of hydrogen-bond acceptors (Lipinski definition) is 4. The zero-order chi connectivity index (χ0) is 18.4. The molecule has 0 aliphatic heterocycles. The van der Waals surface area contributed by atoms with Gasteiger partial charge in [-0.2, -0.15) is 0 Å². The molecule has 0 aromatic heterocycles. The number of amides is 1. The number of benzene rings is 2. The van der Waals surface area contributed by atoms with E-state index in [0.29, 0.717) is 6.54 Å². The number of hydrogen-bond donors (Lipinski definition) is 3. The molecular weight excluding hydrogens is 316 g/mol. The largest absolute Gasteiger partial charge is 0.396 e. The Morgan fingerprint density at radius 2 is 1.80 bits per heavy atom. The molecule has 2 aromatic rings. The Labute approximate surface area is 149 Å². The number of aliphatic hydroxyl groups excluding tert-OH is 2. The summed E-state index contributed by atoms with van der Waals surface area (Å²) in [5.41, 5.74) is 0.473. The van der Waals surface area contributed by atoms with Gasteiger partial charge in [-0.1, -0.05) is 49.4 Å². The van der Waals surface area contributed by atoms with Crippen molar-refractivity contribution in [3.05, 3.63) is 48.0 Å². The monoisotopic (exact) mass is 344 g/mol. The molecule has 0 radical (unpaired) electrons. The molecule has 0 spiro atoms. The first-order valence-electron chi connectivity index (χ1n) is 8.56. The summed E-state index contributed by atoms with van der Waals surface area (Å²) in [4.78, 5) is 14.2. The topological polar surface area (TPSA) is 72.8 Å². The molecule has 0 saturated heterocycles. The van der Waals surface area contributed by atoms with E-state index in [-0.39, 0.29) is 31.7 Å². The zero-order valence-corrected chi connectivity index (χ0v) is 15.2. The van der Waals surface area contributed by atoms with Gasteiger partial charge in [0.15, 0.2) is 0 Å². The highest BCUT2D eigenvalue weighted by molar-refractivity contribution is 5.87. The number of carbonyl (C=O) groups is 1. The van der Waals surface area contributed by atoms with E-state index in [0.717, 1.165) is 16.3 Å². The number of carbonyl (C=O) groups excluding carboxylic acids is 1. The van der Waals surface area contributed by atoms with Gasteiger partial charge in [0.05, 0.1) is 25.8 Å². The van der Waals surface area contributed by atoms with Crippen LogP contribution in [-0.2, 0) is 4.79 Å². The maximum Gasteiger partial charge on any atom is 0.234 e. The SMILES string of the molecule is CC(NC(=O)CN(C)CC(C)(CO)CO)c1cccc2ccccc12. The Hall–Kier alpha value is -1.95. The third-order valence-electron chi connectivity index (χ3n) is 4.50. The van der Waals surface area contributed by atoms with Crippen LogP contribution < -0.4 is 5.32 Å². The van der Waals surface area contributed by atoms with E-state index in [1.54, 1.807) is 6.92 Å². The van der Waals surface area contributed by atoms with E-state index in [1.807, 2.05) is 43.1 Å². The second-order valence-corrected chi connectivity index (χ2v) is 7.16. The molecule has 0 heterocycles. The van der Waals surface area contributed by atoms with E-state index < -0.39 is 5.41 Å². The third-order valence-corrected chi connectivity index (χ3v) is 4.50. The Morgan fingerprint density at radius 3 is 2.48 bits per heavy atom. The minimum Gasteiger partial charge on any atom is -0.396 e. The summed E-state index contributed by atoms with van der Waals surface area (Å²) in [6.07, 6.45) is 0. The molecule has 1 atom stereocenters. The summed E-state index contributed by atoms with van der Waals surface area (Å²) in [7, 11) is 1.81. The lowest BCUT2D eigenvalue weighted by atomic mass is 9.92. The van der Waals surface area contributed by atoms with Crippen LogP contribution in [0.25, 0.3) is 10.8 Å². The van der Waals surface area contributed by atoms with E-state index in [9.17, 15) is 15.0 Å². The lowest BCUT2D eigenvalue weighted by Crippen LogP contribution is -2.43. The van der Waals surface area contributed by atoms with Gasteiger partial charge in [0.1, 0.15) is 0 Å². The maximum atomic E-state index is 12.4. The first kappa shape index (κ1) is 19.4. The molecule has 25 heavy (non-hydrogen) atoms. The van der Waals surface area contributed by atoms with Crippen LogP contribution in [0.5, 0.6) is 0 Å². The highest BCUT2D eigenvalue weighted by atomic mass is 16.3. The molecule has 1 amide bonds. The number of nitrogens with one attached hydrogen (secondary N) is 1. The fraction of sp³-hybridized carbons (Fsp3) is 0.450. The van der Waals surface area contributed by atoms with E-state index in [1.165, 1.54) is 0 Å². The fourth-order valence-electron chi connectivity index (χ4n) is 3.10. The lowest BCUT2D eigenvalue weighted by Gasteiger charge is -2.30. The predicted octanol–water partition coefficient (Wildman–Crippen LogP) is 1.94. The third kappa shape index (κ3) is 5.01. The maximum absolute atomic E-state index is 12.4. The molecule has 0 saturated carbocycles. The molecule has 0 fully saturated rings. The van der Waals surface area contributed by atoms with Crippen molar-refractivity contribution in [2.75, 3.05) is 33.4 Å². The normalized spacial score (nSPS) is 13.2. The molecule has 1 unspecified atom stereocenters. The van der Waals surface area contributed by atoms with Crippen LogP contribution in [0.15, 0.2) is 42.5 Å². The quantitative estimate of drug-likeness (QED) is 0.684. The Bertz CT molecular complexity index is 708. The van der Waals surface area contributed by atoms with Crippen molar-refractivity contribution < 1.29 is 15.0 Å². The van der Waals surface area contributed by atoms with E-state index >= 15 is 0 Å². The van der Waals surface area contributed by atoms with Crippen LogP contribution in [0.1, 0.15) is 25.5 Å². The van der Waals surface area contributed by atoms with Gasteiger partial charge in [-0.25, -0.2) is 0 Å². The van der Waals surface area contributed by atoms with Gasteiger partial charge in [-0.05, 0) is 30.3 Å². The Kier molecular flexibility index (Phi) is 6.53. The summed E-state index contributed by atoms with van der Waals surface area (Å²) >= 11 is 0. The van der Waals surface area contributed by atoms with Gasteiger partial charge in [0, 0.05) is 12.0 Å². The number of aliphatic hydroxyl groups is 2. The van der Waals surface area contributed by atoms with Gasteiger partial charge in [-0.15, -0.1) is 0 Å². The van der Waals surface area contributed by atoms with Gasteiger partial charge >= 0.3 is 0 Å². The lowest BCUT2D eigenvalue weighted by molar-refractivity contribution is -0.123. The minimum absolute atomic E-state index is 0.0823. The minimum atomic E-state index is -0.615. The van der Waals surface area contributed by atoms with Crippen LogP contribution in [0.3, 0.4) is 0 Å². The molecule has 2 rings (SSSR count). The molecule has 0 aliphatic carbocycles. The van der Waals surface area contributed by atoms with Crippen LogP contribution in [0.2, 0.25) is 0 Å². The average Bonchev–Trinajstić information content (AvgIpc) is 2.60. The molecular formula is C20H28N2O3. The first-order chi connectivity index (χ1) is 11.9. The molecule has 136 valence electrons. The first-order valence-corrected chi connectivity index (χ1v) is 8.56. The molecule has 3 N–H and O–H groups in total. The van der Waals surface area contributed by atoms with Crippen molar-refractivity contribution >= 4 is 16.7 Å². The van der Waals surface area contributed by atoms with Crippen LogP contribution in [-0.4, -0.2) is 54.4 Å². The van der Waals surface area contributed by atoms with Crippen molar-refractivity contribution in [1.82, 2.24) is 10.2 Å². The smallest absolute Gasteiger partial charge is 0.234 e. The second kappa shape index (κ2) is 8.43. The molecule has 5 heteroatoms. The molecule has 2 aromatic carbocycles. The highest BCUT2D eigenvalue weighted by Gasteiger charge is 2.25. The van der Waals surface area contributed by atoms with Gasteiger partial charge in [0.2, 0.25) is 5.91 Å². The van der Waals surface area contributed by atoms with Crippen LogP contribution in [0.4, 0.5) is 0 Å². The molecule has 0 aliphatic rings. The van der Waals surface area contributed by atoms with Crippen molar-refractivity contribution in [2.24, 2.45) is 5.41 Å². The van der Waals surface area contributed by atoms with Crippen molar-refractivity contribution in [1.29, 1.82) is 0 Å². The Morgan fingerprint density at radius 1 is 1.16 bits per heavy atom. The Balaban J connectivity index is 2.00. The van der Waals surface area contributed by atoms with Gasteiger partial charge in [-0.3, -0.25) is 9.69 Å². The number of rotatable bonds is 8. The summed E-state index contributed by atoms with van der Waals surface area (Å²) in [6.45, 7) is 4.18. The average molecular weight is 344 g/mol. The van der Waals surface area contributed by atoms with Gasteiger partial charge in [0.25, 0.3) is 0 Å². The number of fused-ring (bicyclic) bond motifs is 1. The van der Waals surface area contributed by atoms with E-state index in [2.05, 4.69) is 23.5 Å².